The van der Waals surface area contributed by atoms with Gasteiger partial charge in [-0.3, -0.25) is 14.9 Å². The van der Waals surface area contributed by atoms with E-state index in [4.69, 9.17) is 28.4 Å². The number of nitro benzene ring substituents is 1. The van der Waals surface area contributed by atoms with Gasteiger partial charge in [-0.2, -0.15) is 0 Å². The minimum atomic E-state index is -1.58. The molecular formula is C24H33NO11. The maximum absolute atomic E-state index is 13.0. The minimum Gasteiger partial charge on any atom is -0.466 e. The highest BCUT2D eigenvalue weighted by atomic mass is 16.8. The van der Waals surface area contributed by atoms with Crippen LogP contribution in [0, 0.1) is 22.0 Å². The molecule has 0 radical (unpaired) electrons. The number of nitro groups is 1. The Kier molecular flexibility index (Phi) is 9.52. The molecule has 0 spiro atoms. The number of carbonyl (C=O) groups is 3. The topological polar surface area (TPSA) is 150 Å². The second kappa shape index (κ2) is 11.8. The first-order chi connectivity index (χ1) is 16.8. The molecule has 2 rings (SSSR count). The van der Waals surface area contributed by atoms with Crippen molar-refractivity contribution in [1.29, 1.82) is 0 Å². The monoisotopic (exact) mass is 511 g/mol. The number of methoxy groups -OCH3 is 2. The van der Waals surface area contributed by atoms with Gasteiger partial charge in [0.05, 0.1) is 17.1 Å². The number of nitrogens with zero attached hydrogens (tertiary/aromatic N) is 1. The van der Waals surface area contributed by atoms with Gasteiger partial charge in [-0.1, -0.05) is 13.8 Å². The van der Waals surface area contributed by atoms with Crippen LogP contribution in [0.4, 0.5) is 5.69 Å². The van der Waals surface area contributed by atoms with Crippen molar-refractivity contribution >= 4 is 23.6 Å². The van der Waals surface area contributed by atoms with E-state index < -0.39 is 52.5 Å². The van der Waals surface area contributed by atoms with Crippen LogP contribution in [0.3, 0.4) is 0 Å². The normalized spacial score (nSPS) is 26.3. The van der Waals surface area contributed by atoms with E-state index in [2.05, 4.69) is 0 Å². The molecule has 0 amide bonds. The SMILES string of the molecule is CO[C@]1(C)OC(=O)[C@H]([C@@H](OC(=O)c2ccc([N+](=O)[O-])cc2)[C@H](C)C[C@H](C)COC(C)=O)O[C@@]1(C)OC. The fraction of sp³-hybridized carbons (Fsp3) is 0.625. The van der Waals surface area contributed by atoms with E-state index in [9.17, 15) is 24.5 Å². The summed E-state index contributed by atoms with van der Waals surface area (Å²) in [7, 11) is 2.69. The van der Waals surface area contributed by atoms with Crippen LogP contribution >= 0.6 is 0 Å². The first-order valence-electron chi connectivity index (χ1n) is 11.4. The molecular weight excluding hydrogens is 478 g/mol. The molecule has 0 unspecified atom stereocenters. The fourth-order valence-corrected chi connectivity index (χ4v) is 3.89. The lowest BCUT2D eigenvalue weighted by Crippen LogP contribution is -2.66. The van der Waals surface area contributed by atoms with Crippen LogP contribution in [-0.4, -0.2) is 67.4 Å². The van der Waals surface area contributed by atoms with Crippen molar-refractivity contribution in [3.8, 4) is 0 Å². The first-order valence-corrected chi connectivity index (χ1v) is 11.4. The molecule has 12 nitrogen and oxygen atoms in total. The van der Waals surface area contributed by atoms with Gasteiger partial charge in [-0.15, -0.1) is 0 Å². The lowest BCUT2D eigenvalue weighted by atomic mass is 9.89. The van der Waals surface area contributed by atoms with Crippen molar-refractivity contribution in [2.75, 3.05) is 20.8 Å². The van der Waals surface area contributed by atoms with E-state index in [1.165, 1.54) is 59.3 Å². The van der Waals surface area contributed by atoms with E-state index >= 15 is 0 Å². The van der Waals surface area contributed by atoms with Gasteiger partial charge >= 0.3 is 17.9 Å². The third-order valence-electron chi connectivity index (χ3n) is 6.24. The molecule has 1 aliphatic rings. The lowest BCUT2D eigenvalue weighted by Gasteiger charge is -2.49. The van der Waals surface area contributed by atoms with Gasteiger partial charge in [0.1, 0.15) is 6.10 Å². The number of rotatable bonds is 11. The van der Waals surface area contributed by atoms with Crippen molar-refractivity contribution < 1.29 is 47.7 Å². The number of ether oxygens (including phenoxy) is 6. The molecule has 1 aromatic carbocycles. The number of esters is 3. The van der Waals surface area contributed by atoms with Crippen LogP contribution in [0.1, 0.15) is 51.4 Å². The van der Waals surface area contributed by atoms with Gasteiger partial charge in [0.25, 0.3) is 11.5 Å². The van der Waals surface area contributed by atoms with Crippen molar-refractivity contribution in [1.82, 2.24) is 0 Å². The third kappa shape index (κ3) is 6.56. The Balaban J connectivity index is 2.35. The highest BCUT2D eigenvalue weighted by Gasteiger charge is 2.60. The molecule has 12 heteroatoms. The highest BCUT2D eigenvalue weighted by molar-refractivity contribution is 5.90. The second-order valence-corrected chi connectivity index (χ2v) is 9.05. The molecule has 1 saturated heterocycles. The summed E-state index contributed by atoms with van der Waals surface area (Å²) in [6, 6.07) is 4.86. The van der Waals surface area contributed by atoms with Crippen molar-refractivity contribution in [2.45, 2.75) is 64.8 Å². The zero-order chi connectivity index (χ0) is 27.3. The van der Waals surface area contributed by atoms with Crippen molar-refractivity contribution in [3.05, 3.63) is 39.9 Å². The molecule has 1 aliphatic heterocycles. The Morgan fingerprint density at radius 2 is 1.69 bits per heavy atom. The van der Waals surface area contributed by atoms with Crippen LogP contribution in [0.25, 0.3) is 0 Å². The number of non-ortho nitro benzene ring substituents is 1. The Hall–Kier alpha value is -3.09. The Labute approximate surface area is 209 Å². The molecule has 0 saturated carbocycles. The summed E-state index contributed by atoms with van der Waals surface area (Å²) in [5.74, 6) is -5.79. The van der Waals surface area contributed by atoms with Gasteiger partial charge in [-0.05, 0) is 37.3 Å². The smallest absolute Gasteiger partial charge is 0.342 e. The van der Waals surface area contributed by atoms with Gasteiger partial charge in [0.2, 0.25) is 5.79 Å². The second-order valence-electron chi connectivity index (χ2n) is 9.05. The average molecular weight is 512 g/mol. The zero-order valence-electron chi connectivity index (χ0n) is 21.5. The average Bonchev–Trinajstić information content (AvgIpc) is 2.83. The molecule has 0 bridgehead atoms. The molecule has 0 aliphatic carbocycles. The van der Waals surface area contributed by atoms with Gasteiger partial charge < -0.3 is 28.4 Å². The zero-order valence-corrected chi connectivity index (χ0v) is 21.5. The van der Waals surface area contributed by atoms with Crippen molar-refractivity contribution in [3.63, 3.8) is 0 Å². The fourth-order valence-electron chi connectivity index (χ4n) is 3.89. The predicted octanol–water partition coefficient (Wildman–Crippen LogP) is 3.01. The van der Waals surface area contributed by atoms with E-state index in [1.807, 2.05) is 6.92 Å². The number of hydrogen-bond acceptors (Lipinski definition) is 11. The maximum atomic E-state index is 13.0. The molecule has 0 N–H and O–H groups in total. The molecule has 1 heterocycles. The summed E-state index contributed by atoms with van der Waals surface area (Å²) in [4.78, 5) is 47.5. The highest BCUT2D eigenvalue weighted by Crippen LogP contribution is 2.39. The van der Waals surface area contributed by atoms with Crippen molar-refractivity contribution in [2.24, 2.45) is 11.8 Å². The number of carbonyl (C=O) groups excluding carboxylic acids is 3. The lowest BCUT2D eigenvalue weighted by molar-refractivity contribution is -0.411. The summed E-state index contributed by atoms with van der Waals surface area (Å²) >= 11 is 0. The van der Waals surface area contributed by atoms with Gasteiger partial charge in [0, 0.05) is 40.2 Å². The van der Waals surface area contributed by atoms with Crippen LogP contribution in [0.5, 0.6) is 0 Å². The molecule has 1 aromatic rings. The molecule has 0 aromatic heterocycles. The van der Waals surface area contributed by atoms with E-state index in [1.54, 1.807) is 6.92 Å². The first kappa shape index (κ1) is 29.1. The van der Waals surface area contributed by atoms with Crippen LogP contribution in [-0.2, 0) is 38.0 Å². The summed E-state index contributed by atoms with van der Waals surface area (Å²) < 4.78 is 33.2. The van der Waals surface area contributed by atoms with E-state index in [0.717, 1.165) is 0 Å². The van der Waals surface area contributed by atoms with E-state index in [0.29, 0.717) is 6.42 Å². The number of hydrogen-bond donors (Lipinski definition) is 0. The number of benzene rings is 1. The Morgan fingerprint density at radius 3 is 2.19 bits per heavy atom. The summed E-state index contributed by atoms with van der Waals surface area (Å²) in [5, 5.41) is 10.9. The molecule has 36 heavy (non-hydrogen) atoms. The summed E-state index contributed by atoms with van der Waals surface area (Å²) in [6.07, 6.45) is -2.13. The standard InChI is InChI=1S/C24H33NO11/c1-14(13-33-16(3)26)12-15(2)19(34-21(27)17-8-10-18(11-9-17)25(29)30)20-22(28)36-24(5,32-7)23(4,31-6)35-20/h8-11,14-15,19-20H,12-13H2,1-7H3/t14-,15+,19-,20-,23+,24+/m0/s1. The number of cyclic esters (lactones) is 1. The summed E-state index contributed by atoms with van der Waals surface area (Å²) in [5.41, 5.74) is -0.143. The van der Waals surface area contributed by atoms with Gasteiger partial charge in [-0.25, -0.2) is 9.59 Å². The van der Waals surface area contributed by atoms with Crippen LogP contribution < -0.4 is 0 Å². The quantitative estimate of drug-likeness (QED) is 0.187. The molecule has 1 fully saturated rings. The van der Waals surface area contributed by atoms with E-state index in [-0.39, 0.29) is 23.8 Å². The van der Waals surface area contributed by atoms with Crippen LogP contribution in [0.15, 0.2) is 24.3 Å². The van der Waals surface area contributed by atoms with Crippen LogP contribution in [0.2, 0.25) is 0 Å². The minimum absolute atomic E-state index is 0.0474. The molecule has 200 valence electrons. The maximum Gasteiger partial charge on any atom is 0.342 e. The summed E-state index contributed by atoms with van der Waals surface area (Å²) in [6.45, 7) is 8.04. The Morgan fingerprint density at radius 1 is 1.11 bits per heavy atom. The predicted molar refractivity (Wildman–Crippen MR) is 124 cm³/mol. The Bertz CT molecular complexity index is 965. The van der Waals surface area contributed by atoms with Gasteiger partial charge in [0.15, 0.2) is 6.10 Å². The molecule has 6 atom stereocenters. The largest absolute Gasteiger partial charge is 0.466 e. The third-order valence-corrected chi connectivity index (χ3v) is 6.24.